The quantitative estimate of drug-likeness (QED) is 0.785. The summed E-state index contributed by atoms with van der Waals surface area (Å²) in [5, 5.41) is 5.24. The third kappa shape index (κ3) is 2.81. The van der Waals surface area contributed by atoms with E-state index >= 15 is 0 Å². The van der Waals surface area contributed by atoms with E-state index in [1.165, 1.54) is 0 Å². The lowest BCUT2D eigenvalue weighted by atomic mass is 10.1. The second-order valence-electron chi connectivity index (χ2n) is 5.37. The lowest BCUT2D eigenvalue weighted by Gasteiger charge is -2.03. The summed E-state index contributed by atoms with van der Waals surface area (Å²) in [7, 11) is 0. The Hall–Kier alpha value is -2.20. The summed E-state index contributed by atoms with van der Waals surface area (Å²) < 4.78 is 5.37. The number of nitrogens with zero attached hydrogens (tertiary/aromatic N) is 2. The second kappa shape index (κ2) is 5.66. The fourth-order valence-corrected chi connectivity index (χ4v) is 2.44. The SMILES string of the molecule is CCCC(N)c1cc(-c2ccc3nc(C)ccc3c2)no1. The van der Waals surface area contributed by atoms with E-state index in [-0.39, 0.29) is 6.04 Å². The molecule has 1 aromatic carbocycles. The van der Waals surface area contributed by atoms with Crippen LogP contribution < -0.4 is 5.73 Å². The molecule has 1 atom stereocenters. The van der Waals surface area contributed by atoms with Gasteiger partial charge in [0.15, 0.2) is 5.76 Å². The third-order valence-corrected chi connectivity index (χ3v) is 3.62. The maximum atomic E-state index is 6.06. The standard InChI is InChI=1S/C17H19N3O/c1-3-4-14(18)17-10-16(20-21-17)13-7-8-15-12(9-13)6-5-11(2)19-15/h5-10,14H,3-4,18H2,1-2H3. The van der Waals surface area contributed by atoms with Gasteiger partial charge >= 0.3 is 0 Å². The molecule has 0 amide bonds. The van der Waals surface area contributed by atoms with Crippen molar-refractivity contribution in [1.29, 1.82) is 0 Å². The van der Waals surface area contributed by atoms with E-state index in [0.29, 0.717) is 0 Å². The molecule has 0 saturated heterocycles. The Labute approximate surface area is 124 Å². The first-order valence-electron chi connectivity index (χ1n) is 7.27. The number of hydrogen-bond donors (Lipinski definition) is 1. The molecular formula is C17H19N3O. The number of benzene rings is 1. The highest BCUT2D eigenvalue weighted by atomic mass is 16.5. The molecule has 0 aliphatic rings. The molecule has 2 heterocycles. The number of aromatic nitrogens is 2. The Morgan fingerprint density at radius 1 is 1.19 bits per heavy atom. The highest BCUT2D eigenvalue weighted by Gasteiger charge is 2.13. The molecule has 4 heteroatoms. The molecule has 1 unspecified atom stereocenters. The minimum absolute atomic E-state index is 0.0824. The van der Waals surface area contributed by atoms with Crippen molar-refractivity contribution in [2.75, 3.05) is 0 Å². The monoisotopic (exact) mass is 281 g/mol. The van der Waals surface area contributed by atoms with Crippen molar-refractivity contribution in [3.8, 4) is 11.3 Å². The van der Waals surface area contributed by atoms with Crippen molar-refractivity contribution in [3.63, 3.8) is 0 Å². The van der Waals surface area contributed by atoms with Crippen LogP contribution in [0.1, 0.15) is 37.3 Å². The lowest BCUT2D eigenvalue weighted by molar-refractivity contribution is 0.356. The van der Waals surface area contributed by atoms with Crippen LogP contribution in [0.2, 0.25) is 0 Å². The van der Waals surface area contributed by atoms with Gasteiger partial charge in [-0.15, -0.1) is 0 Å². The van der Waals surface area contributed by atoms with Crippen molar-refractivity contribution in [1.82, 2.24) is 10.1 Å². The van der Waals surface area contributed by atoms with E-state index in [2.05, 4.69) is 29.2 Å². The summed E-state index contributed by atoms with van der Waals surface area (Å²) in [6, 6.07) is 12.0. The van der Waals surface area contributed by atoms with Gasteiger partial charge in [-0.25, -0.2) is 0 Å². The molecule has 2 aromatic heterocycles. The van der Waals surface area contributed by atoms with Gasteiger partial charge in [0.05, 0.1) is 11.6 Å². The number of aryl methyl sites for hydroxylation is 1. The van der Waals surface area contributed by atoms with E-state index in [9.17, 15) is 0 Å². The highest BCUT2D eigenvalue weighted by Crippen LogP contribution is 2.26. The highest BCUT2D eigenvalue weighted by molar-refractivity contribution is 5.83. The molecule has 0 radical (unpaired) electrons. The van der Waals surface area contributed by atoms with Crippen LogP contribution in [0.15, 0.2) is 40.9 Å². The van der Waals surface area contributed by atoms with Crippen LogP contribution in [-0.2, 0) is 0 Å². The van der Waals surface area contributed by atoms with Gasteiger partial charge in [0.25, 0.3) is 0 Å². The average molecular weight is 281 g/mol. The van der Waals surface area contributed by atoms with Crippen LogP contribution in [0.5, 0.6) is 0 Å². The van der Waals surface area contributed by atoms with E-state index in [1.54, 1.807) is 0 Å². The molecular weight excluding hydrogens is 262 g/mol. The fourth-order valence-electron chi connectivity index (χ4n) is 2.44. The minimum atomic E-state index is -0.0824. The summed E-state index contributed by atoms with van der Waals surface area (Å²) in [5.74, 6) is 0.744. The maximum Gasteiger partial charge on any atom is 0.154 e. The van der Waals surface area contributed by atoms with Gasteiger partial charge in [0, 0.05) is 22.7 Å². The molecule has 4 nitrogen and oxygen atoms in total. The molecule has 0 bridgehead atoms. The molecule has 0 aliphatic carbocycles. The van der Waals surface area contributed by atoms with Crippen molar-refractivity contribution in [2.45, 2.75) is 32.7 Å². The van der Waals surface area contributed by atoms with E-state index in [1.807, 2.05) is 31.2 Å². The van der Waals surface area contributed by atoms with E-state index in [4.69, 9.17) is 10.3 Å². The van der Waals surface area contributed by atoms with Gasteiger partial charge in [0.2, 0.25) is 0 Å². The largest absolute Gasteiger partial charge is 0.359 e. The van der Waals surface area contributed by atoms with Crippen LogP contribution >= 0.6 is 0 Å². The maximum absolute atomic E-state index is 6.06. The summed E-state index contributed by atoms with van der Waals surface area (Å²) in [5.41, 5.74) is 9.91. The minimum Gasteiger partial charge on any atom is -0.359 e. The second-order valence-corrected chi connectivity index (χ2v) is 5.37. The molecule has 3 rings (SSSR count). The van der Waals surface area contributed by atoms with Crippen LogP contribution in [0.3, 0.4) is 0 Å². The first kappa shape index (κ1) is 13.8. The first-order chi connectivity index (χ1) is 10.2. The zero-order valence-corrected chi connectivity index (χ0v) is 12.3. The topological polar surface area (TPSA) is 64.9 Å². The fraction of sp³-hybridized carbons (Fsp3) is 0.294. The molecule has 0 fully saturated rings. The summed E-state index contributed by atoms with van der Waals surface area (Å²) >= 11 is 0. The van der Waals surface area contributed by atoms with Crippen molar-refractivity contribution >= 4 is 10.9 Å². The zero-order valence-electron chi connectivity index (χ0n) is 12.3. The molecule has 0 spiro atoms. The normalized spacial score (nSPS) is 12.7. The van der Waals surface area contributed by atoms with Crippen LogP contribution in [-0.4, -0.2) is 10.1 Å². The molecule has 108 valence electrons. The van der Waals surface area contributed by atoms with Gasteiger partial charge in [-0.05, 0) is 31.5 Å². The Morgan fingerprint density at radius 2 is 2.05 bits per heavy atom. The number of hydrogen-bond acceptors (Lipinski definition) is 4. The van der Waals surface area contributed by atoms with Crippen LogP contribution in [0.25, 0.3) is 22.2 Å². The molecule has 3 aromatic rings. The van der Waals surface area contributed by atoms with E-state index < -0.39 is 0 Å². The predicted molar refractivity (Wildman–Crippen MR) is 83.8 cm³/mol. The first-order valence-corrected chi connectivity index (χ1v) is 7.27. The van der Waals surface area contributed by atoms with Crippen LogP contribution in [0.4, 0.5) is 0 Å². The van der Waals surface area contributed by atoms with Gasteiger partial charge in [0.1, 0.15) is 5.69 Å². The van der Waals surface area contributed by atoms with Crippen LogP contribution in [0, 0.1) is 6.92 Å². The summed E-state index contributed by atoms with van der Waals surface area (Å²) in [6.45, 7) is 4.10. The molecule has 2 N–H and O–H groups in total. The zero-order chi connectivity index (χ0) is 14.8. The van der Waals surface area contributed by atoms with Crippen molar-refractivity contribution < 1.29 is 4.52 Å². The number of nitrogens with two attached hydrogens (primary N) is 1. The Morgan fingerprint density at radius 3 is 2.86 bits per heavy atom. The lowest BCUT2D eigenvalue weighted by Crippen LogP contribution is -2.08. The van der Waals surface area contributed by atoms with Gasteiger partial charge < -0.3 is 10.3 Å². The Kier molecular flexibility index (Phi) is 3.71. The Balaban J connectivity index is 1.95. The molecule has 0 saturated carbocycles. The van der Waals surface area contributed by atoms with Crippen molar-refractivity contribution in [3.05, 3.63) is 47.9 Å². The summed E-state index contributed by atoms with van der Waals surface area (Å²) in [4.78, 5) is 4.50. The van der Waals surface area contributed by atoms with Crippen molar-refractivity contribution in [2.24, 2.45) is 5.73 Å². The number of fused-ring (bicyclic) bond motifs is 1. The summed E-state index contributed by atoms with van der Waals surface area (Å²) in [6.07, 6.45) is 1.92. The van der Waals surface area contributed by atoms with E-state index in [0.717, 1.165) is 46.5 Å². The predicted octanol–water partition coefficient (Wildman–Crippen LogP) is 4.00. The van der Waals surface area contributed by atoms with Gasteiger partial charge in [-0.1, -0.05) is 30.6 Å². The van der Waals surface area contributed by atoms with Gasteiger partial charge in [-0.3, -0.25) is 4.98 Å². The van der Waals surface area contributed by atoms with Gasteiger partial charge in [-0.2, -0.15) is 0 Å². The molecule has 0 aliphatic heterocycles. The Bertz CT molecular complexity index is 764. The third-order valence-electron chi connectivity index (χ3n) is 3.62. The number of pyridine rings is 1. The smallest absolute Gasteiger partial charge is 0.154 e. The number of rotatable bonds is 4. The molecule has 21 heavy (non-hydrogen) atoms. The average Bonchev–Trinajstić information content (AvgIpc) is 2.97.